The number of rotatable bonds is 3. The molecular weight excluding hydrogens is 299 g/mol. The Hall–Kier alpha value is -2.60. The Balaban J connectivity index is 2.17. The second-order valence-electron chi connectivity index (χ2n) is 4.05. The van der Waals surface area contributed by atoms with E-state index in [2.05, 4.69) is 10.6 Å². The average molecular weight is 309 g/mol. The molecular formula is C14H10ClFN2O3. The van der Waals surface area contributed by atoms with Crippen LogP contribution in [0.1, 0.15) is 10.4 Å². The topological polar surface area (TPSA) is 78.4 Å². The van der Waals surface area contributed by atoms with E-state index in [1.807, 2.05) is 0 Å². The van der Waals surface area contributed by atoms with Gasteiger partial charge in [-0.1, -0.05) is 23.7 Å². The summed E-state index contributed by atoms with van der Waals surface area (Å²) in [6.45, 7) is 0. The number of carbonyl (C=O) groups excluding carboxylic acids is 1. The molecule has 0 bridgehead atoms. The normalized spacial score (nSPS) is 10.0. The molecule has 0 fully saturated rings. The Morgan fingerprint density at radius 2 is 1.71 bits per heavy atom. The Morgan fingerprint density at radius 3 is 2.38 bits per heavy atom. The maximum absolute atomic E-state index is 13.0. The van der Waals surface area contributed by atoms with Crippen LogP contribution in [0.4, 0.5) is 20.6 Å². The van der Waals surface area contributed by atoms with Crippen molar-refractivity contribution in [3.05, 3.63) is 58.9 Å². The molecule has 2 aromatic rings. The summed E-state index contributed by atoms with van der Waals surface area (Å²) < 4.78 is 13.0. The predicted octanol–water partition coefficient (Wildman–Crippen LogP) is 3.82. The van der Waals surface area contributed by atoms with Crippen LogP contribution < -0.4 is 10.6 Å². The van der Waals surface area contributed by atoms with E-state index >= 15 is 0 Å². The van der Waals surface area contributed by atoms with Crippen LogP contribution in [0, 0.1) is 5.82 Å². The number of anilines is 2. The van der Waals surface area contributed by atoms with Gasteiger partial charge in [-0.2, -0.15) is 0 Å². The highest BCUT2D eigenvalue weighted by Gasteiger charge is 2.14. The molecule has 2 amide bonds. The summed E-state index contributed by atoms with van der Waals surface area (Å²) in [6, 6.07) is 8.94. The first kappa shape index (κ1) is 14.8. The number of carbonyl (C=O) groups is 2. The van der Waals surface area contributed by atoms with Gasteiger partial charge in [0.25, 0.3) is 0 Å². The van der Waals surface area contributed by atoms with Gasteiger partial charge in [-0.15, -0.1) is 0 Å². The quantitative estimate of drug-likeness (QED) is 0.806. The summed E-state index contributed by atoms with van der Waals surface area (Å²) in [7, 11) is 0. The van der Waals surface area contributed by atoms with Crippen molar-refractivity contribution < 1.29 is 19.1 Å². The first-order valence-corrected chi connectivity index (χ1v) is 6.20. The molecule has 7 heteroatoms. The number of urea groups is 1. The molecule has 2 rings (SSSR count). The van der Waals surface area contributed by atoms with Crippen LogP contribution >= 0.6 is 11.6 Å². The summed E-state index contributed by atoms with van der Waals surface area (Å²) in [4.78, 5) is 22.8. The first-order chi connectivity index (χ1) is 9.97. The monoisotopic (exact) mass is 308 g/mol. The summed E-state index contributed by atoms with van der Waals surface area (Å²) in [5.41, 5.74) is 0.00779. The Kier molecular flexibility index (Phi) is 4.39. The maximum atomic E-state index is 13.0. The number of amides is 2. The van der Waals surface area contributed by atoms with Crippen molar-refractivity contribution in [2.45, 2.75) is 0 Å². The van der Waals surface area contributed by atoms with Gasteiger partial charge in [0, 0.05) is 0 Å². The minimum absolute atomic E-state index is 0.0200. The second-order valence-corrected chi connectivity index (χ2v) is 4.46. The van der Waals surface area contributed by atoms with E-state index in [0.29, 0.717) is 10.7 Å². The Labute approximate surface area is 124 Å². The molecule has 2 aromatic carbocycles. The van der Waals surface area contributed by atoms with Crippen LogP contribution in [0.15, 0.2) is 42.5 Å². The zero-order chi connectivity index (χ0) is 15.4. The van der Waals surface area contributed by atoms with Crippen LogP contribution in [0.2, 0.25) is 5.02 Å². The highest BCUT2D eigenvalue weighted by Crippen LogP contribution is 2.21. The Morgan fingerprint density at radius 1 is 1.05 bits per heavy atom. The molecule has 108 valence electrons. The number of nitrogens with one attached hydrogen (secondary N) is 2. The molecule has 5 nitrogen and oxygen atoms in total. The van der Waals surface area contributed by atoms with Crippen molar-refractivity contribution in [2.24, 2.45) is 0 Å². The number of hydrogen-bond acceptors (Lipinski definition) is 2. The van der Waals surface area contributed by atoms with Gasteiger partial charge in [-0.25, -0.2) is 14.0 Å². The summed E-state index contributed by atoms with van der Waals surface area (Å²) in [5, 5.41) is 14.1. The fourth-order valence-electron chi connectivity index (χ4n) is 1.64. The maximum Gasteiger partial charge on any atom is 0.337 e. The van der Waals surface area contributed by atoms with E-state index < -0.39 is 17.8 Å². The molecule has 0 saturated heterocycles. The van der Waals surface area contributed by atoms with Crippen molar-refractivity contribution >= 4 is 35.0 Å². The van der Waals surface area contributed by atoms with Crippen molar-refractivity contribution in [1.29, 1.82) is 0 Å². The van der Waals surface area contributed by atoms with E-state index in [9.17, 15) is 14.0 Å². The minimum Gasteiger partial charge on any atom is -0.478 e. The number of aromatic carboxylic acids is 1. The van der Waals surface area contributed by atoms with E-state index in [0.717, 1.165) is 12.1 Å². The van der Waals surface area contributed by atoms with Crippen molar-refractivity contribution in [3.8, 4) is 0 Å². The highest BCUT2D eigenvalue weighted by atomic mass is 35.5. The van der Waals surface area contributed by atoms with E-state index in [1.165, 1.54) is 6.07 Å². The molecule has 0 unspecified atom stereocenters. The fourth-order valence-corrected chi connectivity index (χ4v) is 1.82. The number of benzene rings is 2. The fraction of sp³-hybridized carbons (Fsp3) is 0. The predicted molar refractivity (Wildman–Crippen MR) is 77.5 cm³/mol. The van der Waals surface area contributed by atoms with Gasteiger partial charge in [-0.05, 0) is 30.3 Å². The number of hydrogen-bond donors (Lipinski definition) is 3. The second kappa shape index (κ2) is 6.23. The van der Waals surface area contributed by atoms with Gasteiger partial charge in [0.1, 0.15) is 5.82 Å². The molecule has 0 radical (unpaired) electrons. The van der Waals surface area contributed by atoms with Crippen LogP contribution in [0.5, 0.6) is 0 Å². The molecule has 0 saturated carbocycles. The summed E-state index contributed by atoms with van der Waals surface area (Å²) >= 11 is 5.89. The molecule has 21 heavy (non-hydrogen) atoms. The molecule has 0 spiro atoms. The lowest BCUT2D eigenvalue weighted by molar-refractivity contribution is 0.0697. The van der Waals surface area contributed by atoms with Crippen molar-refractivity contribution in [1.82, 2.24) is 0 Å². The highest BCUT2D eigenvalue weighted by molar-refractivity contribution is 6.33. The third-order valence-electron chi connectivity index (χ3n) is 2.58. The van der Waals surface area contributed by atoms with Crippen molar-refractivity contribution in [3.63, 3.8) is 0 Å². The summed E-state index contributed by atoms with van der Waals surface area (Å²) in [5.74, 6) is -2.05. The third kappa shape index (κ3) is 3.70. The largest absolute Gasteiger partial charge is 0.478 e. The molecule has 0 aromatic heterocycles. The number of halogens is 2. The SMILES string of the molecule is O=C(Nc1ccccc1Cl)Nc1ccc(F)cc1C(=O)O. The van der Waals surface area contributed by atoms with Gasteiger partial charge < -0.3 is 15.7 Å². The van der Waals surface area contributed by atoms with E-state index in [1.54, 1.807) is 24.3 Å². The van der Waals surface area contributed by atoms with Crippen LogP contribution in [-0.2, 0) is 0 Å². The number of carboxylic acids is 1. The van der Waals surface area contributed by atoms with Crippen LogP contribution in [-0.4, -0.2) is 17.1 Å². The molecule has 0 heterocycles. The van der Waals surface area contributed by atoms with E-state index in [-0.39, 0.29) is 11.3 Å². The van der Waals surface area contributed by atoms with Gasteiger partial charge in [0.2, 0.25) is 0 Å². The van der Waals surface area contributed by atoms with Crippen molar-refractivity contribution in [2.75, 3.05) is 10.6 Å². The number of carboxylic acid groups (broad SMARTS) is 1. The smallest absolute Gasteiger partial charge is 0.337 e. The standard InChI is InChI=1S/C14H10ClFN2O3/c15-10-3-1-2-4-12(10)18-14(21)17-11-6-5-8(16)7-9(11)13(19)20/h1-7H,(H,19,20)(H2,17,18,21). The zero-order valence-electron chi connectivity index (χ0n) is 10.6. The van der Waals surface area contributed by atoms with Crippen LogP contribution in [0.3, 0.4) is 0 Å². The van der Waals surface area contributed by atoms with Crippen LogP contribution in [0.25, 0.3) is 0 Å². The summed E-state index contributed by atoms with van der Waals surface area (Å²) in [6.07, 6.45) is 0. The van der Waals surface area contributed by atoms with Gasteiger partial charge in [-0.3, -0.25) is 0 Å². The average Bonchev–Trinajstić information content (AvgIpc) is 2.43. The minimum atomic E-state index is -1.34. The molecule has 0 aliphatic carbocycles. The lowest BCUT2D eigenvalue weighted by atomic mass is 10.1. The van der Waals surface area contributed by atoms with Gasteiger partial charge in [0.05, 0.1) is 22.0 Å². The Bertz CT molecular complexity index is 706. The lowest BCUT2D eigenvalue weighted by Gasteiger charge is -2.10. The molecule has 0 aliphatic rings. The first-order valence-electron chi connectivity index (χ1n) is 5.83. The molecule has 3 N–H and O–H groups in total. The zero-order valence-corrected chi connectivity index (χ0v) is 11.3. The van der Waals surface area contributed by atoms with Gasteiger partial charge >= 0.3 is 12.0 Å². The molecule has 0 aliphatic heterocycles. The molecule has 0 atom stereocenters. The van der Waals surface area contributed by atoms with E-state index in [4.69, 9.17) is 16.7 Å². The third-order valence-corrected chi connectivity index (χ3v) is 2.91. The number of para-hydroxylation sites is 1. The lowest BCUT2D eigenvalue weighted by Crippen LogP contribution is -2.21. The van der Waals surface area contributed by atoms with Gasteiger partial charge in [0.15, 0.2) is 0 Å².